The van der Waals surface area contributed by atoms with Crippen LogP contribution >= 0.6 is 0 Å². The molecule has 2 saturated carbocycles. The minimum atomic E-state index is -0.768. The van der Waals surface area contributed by atoms with Gasteiger partial charge in [-0.25, -0.2) is 0 Å². The maximum absolute atomic E-state index is 12.3. The van der Waals surface area contributed by atoms with Crippen molar-refractivity contribution in [2.24, 2.45) is 23.7 Å². The molecule has 23 heavy (non-hydrogen) atoms. The number of fused-ring (bicyclic) bond motifs is 2. The van der Waals surface area contributed by atoms with Crippen LogP contribution in [0.25, 0.3) is 0 Å². The van der Waals surface area contributed by atoms with E-state index in [1.54, 1.807) is 0 Å². The summed E-state index contributed by atoms with van der Waals surface area (Å²) in [4.78, 5) is 24.9. The van der Waals surface area contributed by atoms with Crippen molar-refractivity contribution in [3.8, 4) is 0 Å². The van der Waals surface area contributed by atoms with Crippen LogP contribution in [0.15, 0.2) is 30.3 Å². The molecule has 0 aliphatic heterocycles. The first-order valence-electron chi connectivity index (χ1n) is 8.03. The molecule has 0 spiro atoms. The summed E-state index contributed by atoms with van der Waals surface area (Å²) in [5.41, 5.74) is 0. The monoisotopic (exact) mass is 382 g/mol. The number of carbonyl (C=O) groups excluding carboxylic acids is 2. The average Bonchev–Trinajstić information content (AvgIpc) is 3.18. The molecule has 4 atom stereocenters. The Balaban J connectivity index is 1.87. The molecule has 1 aromatic rings. The average molecular weight is 381 g/mol. The van der Waals surface area contributed by atoms with E-state index >= 15 is 0 Å². The molecule has 0 saturated heterocycles. The second-order valence-electron chi connectivity index (χ2n) is 6.33. The first kappa shape index (κ1) is 16.5. The number of esters is 2. The van der Waals surface area contributed by atoms with Gasteiger partial charge in [-0.05, 0) is 0 Å². The fraction of sp³-hybridized carbons (Fsp3) is 0.556. The Labute approximate surface area is 143 Å². The number of rotatable bonds is 5. The molecule has 1 aromatic carbocycles. The topological polar surface area (TPSA) is 52.6 Å². The van der Waals surface area contributed by atoms with Gasteiger partial charge in [-0.3, -0.25) is 0 Å². The predicted molar refractivity (Wildman–Crippen MR) is 87.4 cm³/mol. The fourth-order valence-electron chi connectivity index (χ4n) is 4.24. The first-order chi connectivity index (χ1) is 11.2. The third kappa shape index (κ3) is 3.17. The second kappa shape index (κ2) is 7.06. The zero-order valence-corrected chi connectivity index (χ0v) is 15.1. The molecule has 124 valence electrons. The Morgan fingerprint density at radius 2 is 1.65 bits per heavy atom. The van der Waals surface area contributed by atoms with Crippen molar-refractivity contribution >= 4 is 31.4 Å². The van der Waals surface area contributed by atoms with Crippen LogP contribution in [0, 0.1) is 23.7 Å². The van der Waals surface area contributed by atoms with Crippen LogP contribution in [0.5, 0.6) is 0 Å². The standard InChI is InChI=1S/C18H22O4Se/c1-21-17(19)15(18(20)22-2)14-11-8-9-12(10-11)16(14)23-13-6-4-3-5-7-13/h3-7,11-12,14-16H,8-10H2,1-2H3/t11-,12+,14-,16-/m1/s1. The molecule has 0 amide bonds. The van der Waals surface area contributed by atoms with E-state index in [0.717, 1.165) is 12.8 Å². The predicted octanol–water partition coefficient (Wildman–Crippen LogP) is 1.81. The van der Waals surface area contributed by atoms with Crippen LogP contribution in [0.4, 0.5) is 0 Å². The number of benzene rings is 1. The van der Waals surface area contributed by atoms with Crippen LogP contribution in [0.1, 0.15) is 19.3 Å². The number of ether oxygens (including phenoxy) is 2. The van der Waals surface area contributed by atoms with E-state index in [4.69, 9.17) is 9.47 Å². The van der Waals surface area contributed by atoms with Crippen LogP contribution in [0.2, 0.25) is 4.82 Å². The Morgan fingerprint density at radius 1 is 1.04 bits per heavy atom. The van der Waals surface area contributed by atoms with Gasteiger partial charge in [0.15, 0.2) is 0 Å². The zero-order valence-electron chi connectivity index (χ0n) is 13.4. The second-order valence-corrected chi connectivity index (χ2v) is 8.96. The van der Waals surface area contributed by atoms with Gasteiger partial charge in [0.25, 0.3) is 0 Å². The van der Waals surface area contributed by atoms with Crippen LogP contribution < -0.4 is 4.46 Å². The number of hydrogen-bond acceptors (Lipinski definition) is 4. The van der Waals surface area contributed by atoms with E-state index in [2.05, 4.69) is 24.3 Å². The summed E-state index contributed by atoms with van der Waals surface area (Å²) in [6.45, 7) is 0. The van der Waals surface area contributed by atoms with Crippen LogP contribution in [-0.4, -0.2) is 41.1 Å². The van der Waals surface area contributed by atoms with Crippen LogP contribution in [-0.2, 0) is 19.1 Å². The van der Waals surface area contributed by atoms with E-state index in [0.29, 0.717) is 16.7 Å². The van der Waals surface area contributed by atoms with Crippen molar-refractivity contribution < 1.29 is 19.1 Å². The molecular weight excluding hydrogens is 359 g/mol. The Morgan fingerprint density at radius 3 is 2.26 bits per heavy atom. The number of methoxy groups -OCH3 is 2. The van der Waals surface area contributed by atoms with Gasteiger partial charge in [-0.1, -0.05) is 0 Å². The van der Waals surface area contributed by atoms with Crippen molar-refractivity contribution in [3.63, 3.8) is 0 Å². The zero-order chi connectivity index (χ0) is 16.4. The van der Waals surface area contributed by atoms with Crippen molar-refractivity contribution in [2.75, 3.05) is 14.2 Å². The number of hydrogen-bond donors (Lipinski definition) is 0. The number of carbonyl (C=O) groups is 2. The van der Waals surface area contributed by atoms with E-state index in [1.165, 1.54) is 25.1 Å². The summed E-state index contributed by atoms with van der Waals surface area (Å²) in [5, 5.41) is 0. The molecule has 2 aliphatic carbocycles. The third-order valence-corrected chi connectivity index (χ3v) is 8.39. The van der Waals surface area contributed by atoms with Gasteiger partial charge in [0, 0.05) is 0 Å². The van der Waals surface area contributed by atoms with Gasteiger partial charge in [0.2, 0.25) is 0 Å². The van der Waals surface area contributed by atoms with Crippen molar-refractivity contribution in [1.82, 2.24) is 0 Å². The Kier molecular flexibility index (Phi) is 5.08. The van der Waals surface area contributed by atoms with E-state index < -0.39 is 17.9 Å². The van der Waals surface area contributed by atoms with Crippen LogP contribution in [0.3, 0.4) is 0 Å². The Hall–Kier alpha value is -1.32. The van der Waals surface area contributed by atoms with Gasteiger partial charge >= 0.3 is 143 Å². The summed E-state index contributed by atoms with van der Waals surface area (Å²) in [5.74, 6) is -0.517. The van der Waals surface area contributed by atoms with Gasteiger partial charge in [-0.2, -0.15) is 0 Å². The summed E-state index contributed by atoms with van der Waals surface area (Å²) in [6.07, 6.45) is 3.46. The molecule has 0 unspecified atom stereocenters. The summed E-state index contributed by atoms with van der Waals surface area (Å²) < 4.78 is 11.2. The quantitative estimate of drug-likeness (QED) is 0.444. The molecule has 3 rings (SSSR count). The minimum absolute atomic E-state index is 0.0638. The van der Waals surface area contributed by atoms with E-state index in [-0.39, 0.29) is 20.9 Å². The summed E-state index contributed by atoms with van der Waals surface area (Å²) in [7, 11) is 2.70. The van der Waals surface area contributed by atoms with Crippen molar-refractivity contribution in [3.05, 3.63) is 30.3 Å². The molecule has 5 heteroatoms. The molecule has 2 bridgehead atoms. The van der Waals surface area contributed by atoms with Gasteiger partial charge in [0.05, 0.1) is 0 Å². The van der Waals surface area contributed by atoms with Gasteiger partial charge < -0.3 is 0 Å². The molecule has 2 fully saturated rings. The van der Waals surface area contributed by atoms with Gasteiger partial charge in [0.1, 0.15) is 0 Å². The van der Waals surface area contributed by atoms with Crippen molar-refractivity contribution in [2.45, 2.75) is 24.1 Å². The van der Waals surface area contributed by atoms with Gasteiger partial charge in [-0.15, -0.1) is 0 Å². The molecular formula is C18H22O4Se. The SMILES string of the molecule is COC(=O)C(C(=O)OC)[C@H]1[C@@H]2CC[C@@H](C2)[C@H]1[Se]c1ccccc1. The molecule has 0 radical (unpaired) electrons. The van der Waals surface area contributed by atoms with Crippen molar-refractivity contribution in [1.29, 1.82) is 0 Å². The molecule has 0 heterocycles. The molecule has 4 nitrogen and oxygen atoms in total. The first-order valence-corrected chi connectivity index (χ1v) is 9.87. The maximum atomic E-state index is 12.3. The molecule has 0 aromatic heterocycles. The molecule has 2 aliphatic rings. The summed E-state index contributed by atoms with van der Waals surface area (Å²) >= 11 is 0.256. The fourth-order valence-corrected chi connectivity index (χ4v) is 7.61. The third-order valence-electron chi connectivity index (χ3n) is 5.21. The van der Waals surface area contributed by atoms with E-state index in [1.807, 2.05) is 6.07 Å². The van der Waals surface area contributed by atoms with E-state index in [9.17, 15) is 9.59 Å². The Bertz CT molecular complexity index is 558. The normalized spacial score (nSPS) is 28.8. The molecule has 0 N–H and O–H groups in total. The summed E-state index contributed by atoms with van der Waals surface area (Å²) in [6, 6.07) is 10.4.